The van der Waals surface area contributed by atoms with Gasteiger partial charge in [0.2, 0.25) is 5.91 Å². The molecule has 5 rings (SSSR count). The maximum Gasteiger partial charge on any atom is 0.316 e. The number of carbonyl (C=O) groups is 2. The molecule has 34 heavy (non-hydrogen) atoms. The van der Waals surface area contributed by atoms with Gasteiger partial charge < -0.3 is 15.4 Å². The topological polar surface area (TPSA) is 85.5 Å². The molecule has 1 amide bonds. The minimum atomic E-state index is -0.846. The van der Waals surface area contributed by atoms with E-state index in [9.17, 15) is 9.59 Å². The second-order valence-electron chi connectivity index (χ2n) is 8.57. The van der Waals surface area contributed by atoms with Crippen molar-refractivity contribution in [1.29, 1.82) is 0 Å². The molecular weight excluding hydrogens is 486 g/mol. The van der Waals surface area contributed by atoms with Crippen LogP contribution in [0.4, 0.5) is 0 Å². The lowest BCUT2D eigenvalue weighted by molar-refractivity contribution is -0.163. The molecule has 3 heterocycles. The SMILES string of the molecule is Cc1ncc(SCC2(C(=O)OC(c3ccccc3)c3ccccc3)CS[C@@H]3C(N)C(=O)N3C2)s1. The van der Waals surface area contributed by atoms with Crippen LogP contribution in [0.5, 0.6) is 0 Å². The normalized spacial score (nSPS) is 24.0. The molecule has 2 unspecified atom stereocenters. The first-order chi connectivity index (χ1) is 16.5. The van der Waals surface area contributed by atoms with E-state index in [4.69, 9.17) is 10.5 Å². The molecule has 0 saturated carbocycles. The largest absolute Gasteiger partial charge is 0.452 e. The van der Waals surface area contributed by atoms with Crippen LogP contribution >= 0.6 is 34.9 Å². The van der Waals surface area contributed by atoms with Gasteiger partial charge in [-0.3, -0.25) is 9.59 Å². The van der Waals surface area contributed by atoms with Crippen LogP contribution in [0.1, 0.15) is 22.2 Å². The van der Waals surface area contributed by atoms with Crippen LogP contribution in [0.2, 0.25) is 0 Å². The number of amides is 1. The van der Waals surface area contributed by atoms with Crippen LogP contribution in [0, 0.1) is 12.3 Å². The third-order valence-electron chi connectivity index (χ3n) is 6.14. The predicted molar refractivity (Wildman–Crippen MR) is 137 cm³/mol. The smallest absolute Gasteiger partial charge is 0.316 e. The van der Waals surface area contributed by atoms with Gasteiger partial charge in [-0.15, -0.1) is 34.9 Å². The molecule has 6 nitrogen and oxygen atoms in total. The Balaban J connectivity index is 1.43. The monoisotopic (exact) mass is 511 g/mol. The van der Waals surface area contributed by atoms with Gasteiger partial charge in [-0.1, -0.05) is 60.7 Å². The van der Waals surface area contributed by atoms with Gasteiger partial charge in [0, 0.05) is 18.1 Å². The number of carbonyl (C=O) groups excluding carboxylic acids is 2. The van der Waals surface area contributed by atoms with E-state index in [-0.39, 0.29) is 17.3 Å². The van der Waals surface area contributed by atoms with Crippen LogP contribution in [0.15, 0.2) is 71.1 Å². The summed E-state index contributed by atoms with van der Waals surface area (Å²) in [5.74, 6) is 0.659. The van der Waals surface area contributed by atoms with Crippen molar-refractivity contribution in [2.75, 3.05) is 18.1 Å². The van der Waals surface area contributed by atoms with Crippen molar-refractivity contribution in [1.82, 2.24) is 9.88 Å². The van der Waals surface area contributed by atoms with Crippen LogP contribution in [-0.4, -0.2) is 51.2 Å². The molecule has 0 radical (unpaired) electrons. The third kappa shape index (κ3) is 4.49. The highest BCUT2D eigenvalue weighted by molar-refractivity contribution is 8.01. The van der Waals surface area contributed by atoms with E-state index >= 15 is 0 Å². The number of hydrogen-bond donors (Lipinski definition) is 1. The number of β-lactam (4-membered cyclic amide) rings is 1. The molecule has 1 aromatic heterocycles. The van der Waals surface area contributed by atoms with Crippen LogP contribution in [-0.2, 0) is 14.3 Å². The van der Waals surface area contributed by atoms with E-state index < -0.39 is 17.6 Å². The third-order valence-corrected chi connectivity index (χ3v) is 10.1. The van der Waals surface area contributed by atoms with Crippen molar-refractivity contribution >= 4 is 46.7 Å². The highest BCUT2D eigenvalue weighted by Crippen LogP contribution is 2.45. The summed E-state index contributed by atoms with van der Waals surface area (Å²) in [6, 6.07) is 19.0. The summed E-state index contributed by atoms with van der Waals surface area (Å²) < 4.78 is 7.33. The summed E-state index contributed by atoms with van der Waals surface area (Å²) in [7, 11) is 0. The van der Waals surface area contributed by atoms with Gasteiger partial charge in [0.15, 0.2) is 6.10 Å². The van der Waals surface area contributed by atoms with Gasteiger partial charge in [0.25, 0.3) is 0 Å². The lowest BCUT2D eigenvalue weighted by Gasteiger charge is -2.53. The van der Waals surface area contributed by atoms with E-state index in [1.807, 2.05) is 73.8 Å². The van der Waals surface area contributed by atoms with E-state index in [2.05, 4.69) is 4.98 Å². The van der Waals surface area contributed by atoms with Gasteiger partial charge in [-0.2, -0.15) is 0 Å². The van der Waals surface area contributed by atoms with Crippen molar-refractivity contribution in [2.24, 2.45) is 11.1 Å². The average Bonchev–Trinajstić information content (AvgIpc) is 3.31. The Morgan fingerprint density at radius 3 is 2.44 bits per heavy atom. The lowest BCUT2D eigenvalue weighted by atomic mass is 9.89. The van der Waals surface area contributed by atoms with Crippen molar-refractivity contribution in [3.63, 3.8) is 0 Å². The van der Waals surface area contributed by atoms with Gasteiger partial charge in [0.05, 0.1) is 15.4 Å². The number of esters is 1. The Labute approximate surface area is 211 Å². The Morgan fingerprint density at radius 1 is 1.21 bits per heavy atom. The summed E-state index contributed by atoms with van der Waals surface area (Å²) in [5.41, 5.74) is 6.97. The number of nitrogens with zero attached hydrogens (tertiary/aromatic N) is 2. The molecule has 2 aliphatic rings. The molecule has 2 saturated heterocycles. The highest BCUT2D eigenvalue weighted by Gasteiger charge is 2.56. The average molecular weight is 512 g/mol. The number of fused-ring (bicyclic) bond motifs is 1. The molecule has 0 spiro atoms. The fourth-order valence-electron chi connectivity index (χ4n) is 4.23. The first-order valence-electron chi connectivity index (χ1n) is 11.0. The number of rotatable bonds is 7. The first-order valence-corrected chi connectivity index (χ1v) is 13.9. The van der Waals surface area contributed by atoms with Gasteiger partial charge >= 0.3 is 5.97 Å². The maximum absolute atomic E-state index is 13.9. The molecule has 2 aromatic carbocycles. The molecule has 0 bridgehead atoms. The van der Waals surface area contributed by atoms with Crippen LogP contribution < -0.4 is 5.73 Å². The zero-order valence-corrected chi connectivity index (χ0v) is 21.1. The Hall–Kier alpha value is -2.33. The van der Waals surface area contributed by atoms with Crippen LogP contribution in [0.3, 0.4) is 0 Å². The summed E-state index contributed by atoms with van der Waals surface area (Å²) in [5, 5.41) is 0.914. The van der Waals surface area contributed by atoms with Crippen molar-refractivity contribution < 1.29 is 14.3 Å². The molecule has 2 aliphatic heterocycles. The number of thiazole rings is 1. The highest BCUT2D eigenvalue weighted by atomic mass is 32.2. The summed E-state index contributed by atoms with van der Waals surface area (Å²) in [4.78, 5) is 32.5. The predicted octanol–water partition coefficient (Wildman–Crippen LogP) is 4.11. The van der Waals surface area contributed by atoms with Gasteiger partial charge in [-0.05, 0) is 18.1 Å². The number of aromatic nitrogens is 1. The summed E-state index contributed by atoms with van der Waals surface area (Å²) in [6.07, 6.45) is 1.31. The number of benzene rings is 2. The van der Waals surface area contributed by atoms with Gasteiger partial charge in [0.1, 0.15) is 16.8 Å². The minimum Gasteiger partial charge on any atom is -0.452 e. The lowest BCUT2D eigenvalue weighted by Crippen LogP contribution is -2.72. The van der Waals surface area contributed by atoms with Crippen molar-refractivity contribution in [3.8, 4) is 0 Å². The maximum atomic E-state index is 13.9. The fourth-order valence-corrected chi connectivity index (χ4v) is 7.98. The summed E-state index contributed by atoms with van der Waals surface area (Å²) >= 11 is 4.77. The van der Waals surface area contributed by atoms with E-state index in [1.165, 1.54) is 0 Å². The Kier molecular flexibility index (Phi) is 6.70. The minimum absolute atomic E-state index is 0.0666. The summed E-state index contributed by atoms with van der Waals surface area (Å²) in [6.45, 7) is 2.28. The zero-order valence-electron chi connectivity index (χ0n) is 18.6. The molecule has 2 fully saturated rings. The molecular formula is C25H25N3O3S3. The van der Waals surface area contributed by atoms with E-state index in [1.54, 1.807) is 39.8 Å². The molecule has 0 aliphatic carbocycles. The molecule has 3 atom stereocenters. The van der Waals surface area contributed by atoms with Crippen molar-refractivity contribution in [2.45, 2.75) is 28.7 Å². The standard InChI is InChI=1S/C25H25N3O3S3/c1-16-27-12-19(34-16)32-14-25(13-28-22(29)20(26)23(28)33-15-25)24(30)31-21(17-8-4-2-5-9-17)18-10-6-3-7-11-18/h2-12,20-21,23H,13-15,26H2,1H3/t20?,23-,25?/m1/s1. The van der Waals surface area contributed by atoms with E-state index in [0.29, 0.717) is 18.1 Å². The number of ether oxygens (including phenoxy) is 1. The van der Waals surface area contributed by atoms with Gasteiger partial charge in [-0.25, -0.2) is 4.98 Å². The number of thioether (sulfide) groups is 2. The molecule has 2 N–H and O–H groups in total. The molecule has 3 aromatic rings. The Morgan fingerprint density at radius 2 is 1.85 bits per heavy atom. The zero-order chi connectivity index (χ0) is 23.7. The second-order valence-corrected chi connectivity index (χ2v) is 12.2. The molecule has 176 valence electrons. The fraction of sp³-hybridized carbons (Fsp3) is 0.320. The van der Waals surface area contributed by atoms with E-state index in [0.717, 1.165) is 20.3 Å². The second kappa shape index (κ2) is 9.73. The number of nitrogens with two attached hydrogens (primary N) is 1. The van der Waals surface area contributed by atoms with Crippen molar-refractivity contribution in [3.05, 3.63) is 83.0 Å². The number of hydrogen-bond acceptors (Lipinski definition) is 8. The Bertz CT molecular complexity index is 1130. The number of aryl methyl sites for hydroxylation is 1. The quantitative estimate of drug-likeness (QED) is 0.290. The first kappa shape index (κ1) is 23.4. The molecule has 9 heteroatoms. The van der Waals surface area contributed by atoms with Crippen LogP contribution in [0.25, 0.3) is 0 Å².